The molecule has 0 saturated heterocycles. The summed E-state index contributed by atoms with van der Waals surface area (Å²) < 4.78 is 10.5. The predicted molar refractivity (Wildman–Crippen MR) is 81.2 cm³/mol. The second kappa shape index (κ2) is 5.06. The number of carbonyl (C=O) groups excluding carboxylic acids is 1. The van der Waals surface area contributed by atoms with E-state index in [1.165, 1.54) is 14.2 Å². The number of nitrogens with zero attached hydrogens (tertiary/aromatic N) is 2. The Hall–Kier alpha value is -3.03. The SMILES string of the molecule is COc1cc2c(cc1OC)C(=O)Nc1nc(N)nc(N)c1C2. The van der Waals surface area contributed by atoms with E-state index in [2.05, 4.69) is 15.3 Å². The van der Waals surface area contributed by atoms with Crippen LogP contribution in [0, 0.1) is 0 Å². The average molecular weight is 301 g/mol. The second-order valence-electron chi connectivity index (χ2n) is 4.79. The first-order valence-corrected chi connectivity index (χ1v) is 6.51. The van der Waals surface area contributed by atoms with Crippen LogP contribution >= 0.6 is 0 Å². The van der Waals surface area contributed by atoms with Gasteiger partial charge < -0.3 is 26.3 Å². The van der Waals surface area contributed by atoms with Gasteiger partial charge in [-0.2, -0.15) is 9.97 Å². The molecule has 0 radical (unpaired) electrons. The van der Waals surface area contributed by atoms with Crippen molar-refractivity contribution >= 4 is 23.5 Å². The maximum Gasteiger partial charge on any atom is 0.257 e. The monoisotopic (exact) mass is 301 g/mol. The summed E-state index contributed by atoms with van der Waals surface area (Å²) in [4.78, 5) is 20.4. The van der Waals surface area contributed by atoms with Gasteiger partial charge in [-0.05, 0) is 17.7 Å². The van der Waals surface area contributed by atoms with E-state index in [1.54, 1.807) is 12.1 Å². The summed E-state index contributed by atoms with van der Waals surface area (Å²) in [6.07, 6.45) is 0.385. The van der Waals surface area contributed by atoms with Gasteiger partial charge in [-0.15, -0.1) is 0 Å². The Balaban J connectivity index is 2.19. The van der Waals surface area contributed by atoms with Gasteiger partial charge in [0.25, 0.3) is 5.91 Å². The summed E-state index contributed by atoms with van der Waals surface area (Å²) in [6.45, 7) is 0. The number of carbonyl (C=O) groups is 1. The number of benzene rings is 1. The minimum Gasteiger partial charge on any atom is -0.493 e. The lowest BCUT2D eigenvalue weighted by molar-refractivity contribution is 0.102. The van der Waals surface area contributed by atoms with Crippen LogP contribution in [0.15, 0.2) is 12.1 Å². The molecule has 0 saturated carbocycles. The van der Waals surface area contributed by atoms with Crippen LogP contribution in [-0.4, -0.2) is 30.1 Å². The molecule has 0 unspecified atom stereocenters. The van der Waals surface area contributed by atoms with Gasteiger partial charge >= 0.3 is 0 Å². The number of methoxy groups -OCH3 is 2. The van der Waals surface area contributed by atoms with Crippen LogP contribution in [0.25, 0.3) is 0 Å². The van der Waals surface area contributed by atoms with Gasteiger partial charge in [-0.1, -0.05) is 0 Å². The van der Waals surface area contributed by atoms with Crippen molar-refractivity contribution in [2.24, 2.45) is 0 Å². The summed E-state index contributed by atoms with van der Waals surface area (Å²) in [5.74, 6) is 1.27. The summed E-state index contributed by atoms with van der Waals surface area (Å²) in [5, 5.41) is 2.70. The normalized spacial score (nSPS) is 12.7. The molecule has 0 fully saturated rings. The number of anilines is 3. The molecule has 0 aliphatic carbocycles. The Morgan fingerprint density at radius 2 is 1.82 bits per heavy atom. The first-order valence-electron chi connectivity index (χ1n) is 6.51. The highest BCUT2D eigenvalue weighted by atomic mass is 16.5. The van der Waals surface area contributed by atoms with Crippen molar-refractivity contribution in [3.63, 3.8) is 0 Å². The van der Waals surface area contributed by atoms with Crippen molar-refractivity contribution in [2.75, 3.05) is 31.0 Å². The number of amides is 1. The predicted octanol–water partition coefficient (Wildman–Crippen LogP) is 0.815. The lowest BCUT2D eigenvalue weighted by atomic mass is 10.0. The van der Waals surface area contributed by atoms with E-state index in [4.69, 9.17) is 20.9 Å². The van der Waals surface area contributed by atoms with E-state index < -0.39 is 0 Å². The average Bonchev–Trinajstić information content (AvgIpc) is 2.62. The third-order valence-corrected chi connectivity index (χ3v) is 3.51. The largest absolute Gasteiger partial charge is 0.493 e. The molecule has 1 amide bonds. The summed E-state index contributed by atoms with van der Waals surface area (Å²) >= 11 is 0. The quantitative estimate of drug-likeness (QED) is 0.749. The van der Waals surface area contributed by atoms with Crippen molar-refractivity contribution in [1.82, 2.24) is 9.97 Å². The van der Waals surface area contributed by atoms with Gasteiger partial charge in [-0.3, -0.25) is 4.79 Å². The fraction of sp³-hybridized carbons (Fsp3) is 0.214. The van der Waals surface area contributed by atoms with Gasteiger partial charge in [0, 0.05) is 17.5 Å². The van der Waals surface area contributed by atoms with Gasteiger partial charge in [0.15, 0.2) is 11.5 Å². The number of nitrogens with two attached hydrogens (primary N) is 2. The minimum atomic E-state index is -0.313. The van der Waals surface area contributed by atoms with E-state index in [-0.39, 0.29) is 17.7 Å². The van der Waals surface area contributed by atoms with Crippen LogP contribution < -0.4 is 26.3 Å². The number of aromatic nitrogens is 2. The van der Waals surface area contributed by atoms with Gasteiger partial charge in [0.1, 0.15) is 11.6 Å². The van der Waals surface area contributed by atoms with Gasteiger partial charge in [0.05, 0.1) is 14.2 Å². The molecule has 1 aromatic carbocycles. The molecule has 1 aliphatic heterocycles. The Labute approximate surface area is 126 Å². The van der Waals surface area contributed by atoms with Crippen molar-refractivity contribution < 1.29 is 14.3 Å². The minimum absolute atomic E-state index is 0.0117. The number of hydrogen-bond donors (Lipinski definition) is 3. The molecule has 0 bridgehead atoms. The number of hydrogen-bond acceptors (Lipinski definition) is 7. The number of ether oxygens (including phenoxy) is 2. The molecule has 22 heavy (non-hydrogen) atoms. The zero-order valence-electron chi connectivity index (χ0n) is 12.1. The van der Waals surface area contributed by atoms with Crippen LogP contribution in [0.5, 0.6) is 11.5 Å². The second-order valence-corrected chi connectivity index (χ2v) is 4.79. The topological polar surface area (TPSA) is 125 Å². The number of rotatable bonds is 2. The first kappa shape index (κ1) is 13.9. The molecule has 8 heteroatoms. The maximum atomic E-state index is 12.4. The van der Waals surface area contributed by atoms with Crippen LogP contribution in [0.4, 0.5) is 17.6 Å². The van der Waals surface area contributed by atoms with Crippen LogP contribution in [0.1, 0.15) is 21.5 Å². The van der Waals surface area contributed by atoms with E-state index in [0.717, 1.165) is 5.56 Å². The van der Waals surface area contributed by atoms with Crippen LogP contribution in [0.2, 0.25) is 0 Å². The Kier molecular flexibility index (Phi) is 3.21. The number of nitrogen functional groups attached to an aromatic ring is 2. The molecule has 8 nitrogen and oxygen atoms in total. The third-order valence-electron chi connectivity index (χ3n) is 3.51. The van der Waals surface area contributed by atoms with Gasteiger partial charge in [-0.25, -0.2) is 0 Å². The molecule has 2 aromatic rings. The molecule has 1 aliphatic rings. The Morgan fingerprint density at radius 1 is 1.14 bits per heavy atom. The van der Waals surface area contributed by atoms with E-state index in [1.807, 2.05) is 0 Å². The van der Waals surface area contributed by atoms with Gasteiger partial charge in [0.2, 0.25) is 5.95 Å². The number of nitrogens with one attached hydrogen (secondary N) is 1. The van der Waals surface area contributed by atoms with Crippen LogP contribution in [0.3, 0.4) is 0 Å². The third kappa shape index (κ3) is 2.14. The summed E-state index contributed by atoms with van der Waals surface area (Å²) in [6, 6.07) is 3.38. The molecule has 2 heterocycles. The lowest BCUT2D eigenvalue weighted by Gasteiger charge is -2.12. The van der Waals surface area contributed by atoms with Crippen molar-refractivity contribution in [1.29, 1.82) is 0 Å². The molecule has 1 aromatic heterocycles. The van der Waals surface area contributed by atoms with E-state index in [9.17, 15) is 4.79 Å². The lowest BCUT2D eigenvalue weighted by Crippen LogP contribution is -2.14. The summed E-state index contributed by atoms with van der Waals surface area (Å²) in [5.41, 5.74) is 13.3. The number of fused-ring (bicyclic) bond motifs is 2. The van der Waals surface area contributed by atoms with Crippen molar-refractivity contribution in [2.45, 2.75) is 6.42 Å². The molecular weight excluding hydrogens is 286 g/mol. The zero-order valence-corrected chi connectivity index (χ0v) is 12.1. The molecule has 5 N–H and O–H groups in total. The molecule has 0 atom stereocenters. The van der Waals surface area contributed by atoms with E-state index in [0.29, 0.717) is 34.9 Å². The highest BCUT2D eigenvalue weighted by Crippen LogP contribution is 2.35. The van der Waals surface area contributed by atoms with Crippen molar-refractivity contribution in [3.05, 3.63) is 28.8 Å². The molecule has 3 rings (SSSR count). The Bertz CT molecular complexity index is 776. The first-order chi connectivity index (χ1) is 10.5. The van der Waals surface area contributed by atoms with Crippen LogP contribution in [-0.2, 0) is 6.42 Å². The summed E-state index contributed by atoms with van der Waals surface area (Å²) in [7, 11) is 3.05. The smallest absolute Gasteiger partial charge is 0.257 e. The highest BCUT2D eigenvalue weighted by molar-refractivity contribution is 6.07. The molecular formula is C14H15N5O3. The highest BCUT2D eigenvalue weighted by Gasteiger charge is 2.25. The van der Waals surface area contributed by atoms with E-state index >= 15 is 0 Å². The fourth-order valence-electron chi connectivity index (χ4n) is 2.44. The molecule has 0 spiro atoms. The fourth-order valence-corrected chi connectivity index (χ4v) is 2.44. The maximum absolute atomic E-state index is 12.4. The van der Waals surface area contributed by atoms with Crippen molar-refractivity contribution in [3.8, 4) is 11.5 Å². The Morgan fingerprint density at radius 3 is 2.50 bits per heavy atom. The standard InChI is InChI=1S/C14H15N5O3/c1-21-9-4-6-3-8-11(15)17-14(16)19-12(8)18-13(20)7(6)5-10(9)22-2/h4-5H,3H2,1-2H3,(H5,15,16,17,18,19,20). The zero-order chi connectivity index (χ0) is 15.9. The molecule has 114 valence electrons.